The van der Waals surface area contributed by atoms with Crippen LogP contribution in [0.3, 0.4) is 0 Å². The number of fused-ring (bicyclic) bond motifs is 1. The molecule has 3 heterocycles. The Kier molecular flexibility index (Phi) is 5.29. The number of hydrogen-bond donors (Lipinski definition) is 1. The zero-order chi connectivity index (χ0) is 23.8. The maximum absolute atomic E-state index is 13.7. The quantitative estimate of drug-likeness (QED) is 0.378. The Morgan fingerprint density at radius 2 is 1.94 bits per heavy atom. The van der Waals surface area contributed by atoms with Crippen molar-refractivity contribution in [1.82, 2.24) is 30.2 Å². The summed E-state index contributed by atoms with van der Waals surface area (Å²) in [5.41, 5.74) is 3.22. The first-order valence-electron chi connectivity index (χ1n) is 11.4. The van der Waals surface area contributed by atoms with Crippen LogP contribution in [0.5, 0.6) is 0 Å². The van der Waals surface area contributed by atoms with E-state index in [9.17, 15) is 9.18 Å². The molecule has 0 atom stereocenters. The predicted molar refractivity (Wildman–Crippen MR) is 126 cm³/mol. The summed E-state index contributed by atoms with van der Waals surface area (Å²) in [6.07, 6.45) is 3.76. The molecule has 1 fully saturated rings. The highest BCUT2D eigenvalue weighted by Crippen LogP contribution is 2.38. The van der Waals surface area contributed by atoms with Gasteiger partial charge in [-0.15, -0.1) is 0 Å². The van der Waals surface area contributed by atoms with Crippen LogP contribution in [0, 0.1) is 5.82 Å². The van der Waals surface area contributed by atoms with E-state index in [2.05, 4.69) is 20.6 Å². The van der Waals surface area contributed by atoms with Gasteiger partial charge in [-0.3, -0.25) is 4.79 Å². The number of amides is 1. The number of nitrogens with one attached hydrogen (secondary N) is 1. The van der Waals surface area contributed by atoms with E-state index in [0.29, 0.717) is 46.5 Å². The normalized spacial score (nSPS) is 13.3. The molecule has 2 aromatic carbocycles. The lowest BCUT2D eigenvalue weighted by molar-refractivity contribution is 0.0948. The highest BCUT2D eigenvalue weighted by molar-refractivity contribution is 6.06. The smallest absolute Gasteiger partial charge is 0.252 e. The van der Waals surface area contributed by atoms with E-state index >= 15 is 0 Å². The number of carbonyl (C=O) groups is 1. The van der Waals surface area contributed by atoms with Crippen LogP contribution < -0.4 is 5.32 Å². The van der Waals surface area contributed by atoms with Crippen LogP contribution in [0.2, 0.25) is 0 Å². The topological polar surface area (TPSA) is 98.7 Å². The molecule has 1 aliphatic rings. The van der Waals surface area contributed by atoms with Gasteiger partial charge in [-0.1, -0.05) is 47.6 Å². The molecule has 1 aliphatic carbocycles. The average Bonchev–Trinajstić information content (AvgIpc) is 3.49. The van der Waals surface area contributed by atoms with Crippen LogP contribution in [0.25, 0.3) is 22.3 Å². The molecule has 6 rings (SSSR count). The molecule has 0 bridgehead atoms. The summed E-state index contributed by atoms with van der Waals surface area (Å²) in [6.45, 7) is 0.444. The standard InChI is InChI=1S/C26H21FN6O2/c27-19-8-4-5-16(11-19)15-33-25-21(13-29-33)20(12-22(30-25)17-6-2-1-3-7-17)26(34)28-14-23-31-24(32-35-23)18-9-10-18/h1-8,11-13,18H,9-10,14-15H2,(H,28,34). The summed E-state index contributed by atoms with van der Waals surface area (Å²) in [7, 11) is 0. The molecule has 8 nitrogen and oxygen atoms in total. The van der Waals surface area contributed by atoms with E-state index in [0.717, 1.165) is 24.0 Å². The maximum atomic E-state index is 13.7. The molecule has 5 aromatic rings. The number of carbonyl (C=O) groups excluding carboxylic acids is 1. The number of pyridine rings is 1. The van der Waals surface area contributed by atoms with Crippen LogP contribution in [0.15, 0.2) is 71.4 Å². The van der Waals surface area contributed by atoms with E-state index in [1.165, 1.54) is 12.1 Å². The summed E-state index contributed by atoms with van der Waals surface area (Å²) < 4.78 is 20.7. The van der Waals surface area contributed by atoms with E-state index in [1.807, 2.05) is 36.4 Å². The summed E-state index contributed by atoms with van der Waals surface area (Å²) in [5.74, 6) is 0.829. The Morgan fingerprint density at radius 1 is 1.09 bits per heavy atom. The van der Waals surface area contributed by atoms with Crippen molar-refractivity contribution in [2.45, 2.75) is 31.8 Å². The van der Waals surface area contributed by atoms with Crippen molar-refractivity contribution in [3.63, 3.8) is 0 Å². The maximum Gasteiger partial charge on any atom is 0.252 e. The molecular weight excluding hydrogens is 447 g/mol. The van der Waals surface area contributed by atoms with Gasteiger partial charge in [-0.05, 0) is 36.6 Å². The Hall–Kier alpha value is -4.40. The van der Waals surface area contributed by atoms with E-state index in [-0.39, 0.29) is 18.3 Å². The van der Waals surface area contributed by atoms with Gasteiger partial charge in [-0.25, -0.2) is 14.1 Å². The molecule has 1 saturated carbocycles. The zero-order valence-electron chi connectivity index (χ0n) is 18.7. The molecule has 174 valence electrons. The molecular formula is C26H21FN6O2. The number of halogens is 1. The lowest BCUT2D eigenvalue weighted by Crippen LogP contribution is -2.23. The van der Waals surface area contributed by atoms with Crippen molar-refractivity contribution in [2.24, 2.45) is 0 Å². The second-order valence-corrected chi connectivity index (χ2v) is 8.59. The van der Waals surface area contributed by atoms with Gasteiger partial charge in [0, 0.05) is 11.5 Å². The van der Waals surface area contributed by atoms with Gasteiger partial charge in [0.25, 0.3) is 5.91 Å². The van der Waals surface area contributed by atoms with E-state index in [4.69, 9.17) is 9.51 Å². The predicted octanol–water partition coefficient (Wildman–Crippen LogP) is 4.48. The van der Waals surface area contributed by atoms with Crippen molar-refractivity contribution in [3.05, 3.63) is 95.5 Å². The van der Waals surface area contributed by atoms with Gasteiger partial charge < -0.3 is 9.84 Å². The lowest BCUT2D eigenvalue weighted by Gasteiger charge is -2.09. The van der Waals surface area contributed by atoms with Crippen molar-refractivity contribution >= 4 is 16.9 Å². The lowest BCUT2D eigenvalue weighted by atomic mass is 10.1. The SMILES string of the molecule is O=C(NCc1nc(C2CC2)no1)c1cc(-c2ccccc2)nc2c1cnn2Cc1cccc(F)c1. The van der Waals surface area contributed by atoms with Crippen molar-refractivity contribution in [2.75, 3.05) is 0 Å². The Balaban J connectivity index is 1.35. The molecule has 0 saturated heterocycles. The first-order valence-corrected chi connectivity index (χ1v) is 11.4. The molecule has 0 spiro atoms. The van der Waals surface area contributed by atoms with Gasteiger partial charge in [0.2, 0.25) is 5.89 Å². The molecule has 0 aliphatic heterocycles. The fourth-order valence-electron chi connectivity index (χ4n) is 4.01. The molecule has 1 N–H and O–H groups in total. The summed E-state index contributed by atoms with van der Waals surface area (Å²) in [5, 5.41) is 11.9. The second-order valence-electron chi connectivity index (χ2n) is 8.59. The van der Waals surface area contributed by atoms with Crippen LogP contribution in [0.1, 0.15) is 46.4 Å². The third-order valence-corrected chi connectivity index (χ3v) is 5.97. The molecule has 1 amide bonds. The Morgan fingerprint density at radius 3 is 2.74 bits per heavy atom. The van der Waals surface area contributed by atoms with Crippen LogP contribution in [-0.4, -0.2) is 30.8 Å². The Labute approximate surface area is 199 Å². The summed E-state index contributed by atoms with van der Waals surface area (Å²) in [4.78, 5) is 22.4. The van der Waals surface area contributed by atoms with E-state index < -0.39 is 0 Å². The third-order valence-electron chi connectivity index (χ3n) is 5.97. The van der Waals surface area contributed by atoms with Gasteiger partial charge in [0.05, 0.1) is 35.9 Å². The molecule has 0 radical (unpaired) electrons. The van der Waals surface area contributed by atoms with Gasteiger partial charge >= 0.3 is 0 Å². The largest absolute Gasteiger partial charge is 0.343 e. The van der Waals surface area contributed by atoms with E-state index in [1.54, 1.807) is 23.0 Å². The van der Waals surface area contributed by atoms with Crippen LogP contribution in [-0.2, 0) is 13.1 Å². The number of rotatable bonds is 7. The first kappa shape index (κ1) is 21.2. The van der Waals surface area contributed by atoms with Crippen molar-refractivity contribution < 1.29 is 13.7 Å². The summed E-state index contributed by atoms with van der Waals surface area (Å²) >= 11 is 0. The zero-order valence-corrected chi connectivity index (χ0v) is 18.7. The van der Waals surface area contributed by atoms with Crippen molar-refractivity contribution in [1.29, 1.82) is 0 Å². The van der Waals surface area contributed by atoms with Crippen LogP contribution >= 0.6 is 0 Å². The number of nitrogens with zero attached hydrogens (tertiary/aromatic N) is 5. The number of hydrogen-bond acceptors (Lipinski definition) is 6. The van der Waals surface area contributed by atoms with Gasteiger partial charge in [0.15, 0.2) is 11.5 Å². The first-order chi connectivity index (χ1) is 17.1. The van der Waals surface area contributed by atoms with Crippen molar-refractivity contribution in [3.8, 4) is 11.3 Å². The Bertz CT molecular complexity index is 1520. The molecule has 0 unspecified atom stereocenters. The molecule has 9 heteroatoms. The monoisotopic (exact) mass is 468 g/mol. The fraction of sp³-hybridized carbons (Fsp3) is 0.192. The minimum atomic E-state index is -0.317. The molecule has 3 aromatic heterocycles. The highest BCUT2D eigenvalue weighted by Gasteiger charge is 2.29. The minimum absolute atomic E-state index is 0.125. The second kappa shape index (κ2) is 8.75. The molecule has 35 heavy (non-hydrogen) atoms. The van der Waals surface area contributed by atoms with Gasteiger partial charge in [-0.2, -0.15) is 10.1 Å². The summed E-state index contributed by atoms with van der Waals surface area (Å²) in [6, 6.07) is 17.7. The number of benzene rings is 2. The third kappa shape index (κ3) is 4.40. The number of aromatic nitrogens is 5. The van der Waals surface area contributed by atoms with Crippen LogP contribution in [0.4, 0.5) is 4.39 Å². The highest BCUT2D eigenvalue weighted by atomic mass is 19.1. The minimum Gasteiger partial charge on any atom is -0.343 e. The van der Waals surface area contributed by atoms with Gasteiger partial charge in [0.1, 0.15) is 5.82 Å². The average molecular weight is 468 g/mol. The fourth-order valence-corrected chi connectivity index (χ4v) is 4.01.